The number of benzene rings is 3. The summed E-state index contributed by atoms with van der Waals surface area (Å²) < 4.78 is 13.3. The number of hydrogen-bond acceptors (Lipinski definition) is 2. The van der Waals surface area contributed by atoms with E-state index in [0.29, 0.717) is 11.1 Å². The lowest BCUT2D eigenvalue weighted by Gasteiger charge is -2.16. The number of carbonyl (C=O) groups is 2. The van der Waals surface area contributed by atoms with E-state index in [1.807, 2.05) is 30.3 Å². The van der Waals surface area contributed by atoms with Crippen molar-refractivity contribution in [2.75, 3.05) is 0 Å². The Morgan fingerprint density at radius 1 is 1.00 bits per heavy atom. The van der Waals surface area contributed by atoms with Crippen LogP contribution in [-0.2, 0) is 11.2 Å². The number of rotatable bonds is 5. The molecule has 4 nitrogen and oxygen atoms in total. The van der Waals surface area contributed by atoms with Gasteiger partial charge < -0.3 is 11.1 Å². The van der Waals surface area contributed by atoms with Crippen LogP contribution in [-0.4, -0.2) is 17.9 Å². The lowest BCUT2D eigenvalue weighted by Crippen LogP contribution is -2.45. The van der Waals surface area contributed by atoms with Crippen molar-refractivity contribution in [1.29, 1.82) is 0 Å². The van der Waals surface area contributed by atoms with Crippen LogP contribution in [0.2, 0.25) is 0 Å². The fourth-order valence-corrected chi connectivity index (χ4v) is 2.78. The maximum atomic E-state index is 13.3. The molecule has 5 heteroatoms. The third kappa shape index (κ3) is 3.83. The van der Waals surface area contributed by atoms with E-state index >= 15 is 0 Å². The summed E-state index contributed by atoms with van der Waals surface area (Å²) in [6.45, 7) is 0. The van der Waals surface area contributed by atoms with Crippen LogP contribution in [0, 0.1) is 5.82 Å². The van der Waals surface area contributed by atoms with E-state index in [4.69, 9.17) is 5.73 Å². The molecule has 1 atom stereocenters. The Bertz CT molecular complexity index is 934. The van der Waals surface area contributed by atoms with Gasteiger partial charge in [-0.15, -0.1) is 0 Å². The van der Waals surface area contributed by atoms with E-state index < -0.39 is 23.7 Å². The zero-order chi connectivity index (χ0) is 17.8. The van der Waals surface area contributed by atoms with Crippen molar-refractivity contribution in [2.45, 2.75) is 12.5 Å². The quantitative estimate of drug-likeness (QED) is 0.752. The first kappa shape index (κ1) is 16.6. The van der Waals surface area contributed by atoms with Gasteiger partial charge in [-0.2, -0.15) is 0 Å². The molecule has 3 aromatic carbocycles. The molecular weight excluding hydrogens is 319 g/mol. The van der Waals surface area contributed by atoms with Crippen LogP contribution < -0.4 is 11.1 Å². The predicted molar refractivity (Wildman–Crippen MR) is 94.5 cm³/mol. The minimum absolute atomic E-state index is 0.129. The highest BCUT2D eigenvalue weighted by molar-refractivity contribution is 6.08. The SMILES string of the molecule is NC(=O)[C@H](Cc1cccc(F)c1)NC(=O)c1cccc2ccccc12. The molecular formula is C20H17FN2O2. The van der Waals surface area contributed by atoms with E-state index in [1.54, 1.807) is 24.3 Å². The molecule has 0 fully saturated rings. The second-order valence-corrected chi connectivity index (χ2v) is 5.79. The number of nitrogens with two attached hydrogens (primary N) is 1. The number of nitrogens with one attached hydrogen (secondary N) is 1. The summed E-state index contributed by atoms with van der Waals surface area (Å²) in [5.41, 5.74) is 6.46. The number of halogens is 1. The molecule has 3 N–H and O–H groups in total. The average Bonchev–Trinajstić information content (AvgIpc) is 2.60. The number of primary amides is 1. The highest BCUT2D eigenvalue weighted by Crippen LogP contribution is 2.18. The molecule has 0 aliphatic heterocycles. The second-order valence-electron chi connectivity index (χ2n) is 5.79. The Labute approximate surface area is 144 Å². The molecule has 2 amide bonds. The molecule has 0 saturated heterocycles. The Kier molecular flexibility index (Phi) is 4.75. The van der Waals surface area contributed by atoms with Gasteiger partial charge in [0.2, 0.25) is 5.91 Å². The highest BCUT2D eigenvalue weighted by Gasteiger charge is 2.20. The first-order valence-corrected chi connectivity index (χ1v) is 7.87. The molecule has 0 aliphatic carbocycles. The van der Waals surface area contributed by atoms with Crippen molar-refractivity contribution >= 4 is 22.6 Å². The Morgan fingerprint density at radius 3 is 2.48 bits per heavy atom. The molecule has 0 spiro atoms. The van der Waals surface area contributed by atoms with Gasteiger partial charge in [-0.3, -0.25) is 9.59 Å². The first-order valence-electron chi connectivity index (χ1n) is 7.87. The van der Waals surface area contributed by atoms with Crippen molar-refractivity contribution in [2.24, 2.45) is 5.73 Å². The largest absolute Gasteiger partial charge is 0.368 e. The van der Waals surface area contributed by atoms with Gasteiger partial charge >= 0.3 is 0 Å². The molecule has 0 aliphatic rings. The first-order chi connectivity index (χ1) is 12.0. The van der Waals surface area contributed by atoms with E-state index in [2.05, 4.69) is 5.32 Å². The van der Waals surface area contributed by atoms with Gasteiger partial charge in [-0.1, -0.05) is 48.5 Å². The summed E-state index contributed by atoms with van der Waals surface area (Å²) in [6, 6.07) is 17.8. The molecule has 0 saturated carbocycles. The molecule has 0 unspecified atom stereocenters. The number of hydrogen-bond donors (Lipinski definition) is 2. The highest BCUT2D eigenvalue weighted by atomic mass is 19.1. The van der Waals surface area contributed by atoms with Crippen LogP contribution in [0.3, 0.4) is 0 Å². The fraction of sp³-hybridized carbons (Fsp3) is 0.100. The minimum atomic E-state index is -0.923. The van der Waals surface area contributed by atoms with Gasteiger partial charge in [0.05, 0.1) is 0 Å². The summed E-state index contributed by atoms with van der Waals surface area (Å²) in [5.74, 6) is -1.46. The summed E-state index contributed by atoms with van der Waals surface area (Å²) in [4.78, 5) is 24.4. The molecule has 0 aromatic heterocycles. The van der Waals surface area contributed by atoms with Crippen molar-refractivity contribution in [3.05, 3.63) is 83.7 Å². The summed E-state index contributed by atoms with van der Waals surface area (Å²) >= 11 is 0. The van der Waals surface area contributed by atoms with Gasteiger partial charge in [0.15, 0.2) is 0 Å². The van der Waals surface area contributed by atoms with Crippen LogP contribution >= 0.6 is 0 Å². The Morgan fingerprint density at radius 2 is 1.72 bits per heavy atom. The van der Waals surface area contributed by atoms with E-state index in [-0.39, 0.29) is 6.42 Å². The molecule has 0 bridgehead atoms. The number of fused-ring (bicyclic) bond motifs is 1. The summed E-state index contributed by atoms with van der Waals surface area (Å²) in [7, 11) is 0. The van der Waals surface area contributed by atoms with Crippen LogP contribution in [0.25, 0.3) is 10.8 Å². The monoisotopic (exact) mass is 336 g/mol. The molecule has 3 rings (SSSR count). The maximum absolute atomic E-state index is 13.3. The van der Waals surface area contributed by atoms with Crippen molar-refractivity contribution in [3.8, 4) is 0 Å². The molecule has 25 heavy (non-hydrogen) atoms. The van der Waals surface area contributed by atoms with E-state index in [0.717, 1.165) is 10.8 Å². The van der Waals surface area contributed by atoms with Crippen LogP contribution in [0.1, 0.15) is 15.9 Å². The third-order valence-electron chi connectivity index (χ3n) is 4.01. The van der Waals surface area contributed by atoms with Gasteiger partial charge in [0.1, 0.15) is 11.9 Å². The topological polar surface area (TPSA) is 72.2 Å². The third-order valence-corrected chi connectivity index (χ3v) is 4.01. The molecule has 0 heterocycles. The second kappa shape index (κ2) is 7.13. The van der Waals surface area contributed by atoms with Gasteiger partial charge in [-0.25, -0.2) is 4.39 Å². The number of amides is 2. The normalized spacial score (nSPS) is 11.9. The van der Waals surface area contributed by atoms with Crippen LogP contribution in [0.4, 0.5) is 4.39 Å². The van der Waals surface area contributed by atoms with Crippen molar-refractivity contribution in [1.82, 2.24) is 5.32 Å². The lowest BCUT2D eigenvalue weighted by molar-refractivity contribution is -0.119. The van der Waals surface area contributed by atoms with Gasteiger partial charge in [-0.05, 0) is 34.5 Å². The lowest BCUT2D eigenvalue weighted by atomic mass is 10.0. The van der Waals surface area contributed by atoms with E-state index in [1.165, 1.54) is 12.1 Å². The van der Waals surface area contributed by atoms with Gasteiger partial charge in [0, 0.05) is 12.0 Å². The maximum Gasteiger partial charge on any atom is 0.252 e. The summed E-state index contributed by atoms with van der Waals surface area (Å²) in [6.07, 6.45) is 0.129. The standard InChI is InChI=1S/C20H17FN2O2/c21-15-8-3-5-13(11-15)12-18(19(22)24)23-20(25)17-10-4-7-14-6-1-2-9-16(14)17/h1-11,18H,12H2,(H2,22,24)(H,23,25)/t18-/m0/s1. The van der Waals surface area contributed by atoms with E-state index in [9.17, 15) is 14.0 Å². The fourth-order valence-electron chi connectivity index (χ4n) is 2.78. The van der Waals surface area contributed by atoms with Crippen LogP contribution in [0.15, 0.2) is 66.7 Å². The zero-order valence-corrected chi connectivity index (χ0v) is 13.4. The summed E-state index contributed by atoms with van der Waals surface area (Å²) in [5, 5.41) is 4.37. The predicted octanol–water partition coefficient (Wildman–Crippen LogP) is 2.81. The molecule has 126 valence electrons. The smallest absolute Gasteiger partial charge is 0.252 e. The van der Waals surface area contributed by atoms with Crippen molar-refractivity contribution < 1.29 is 14.0 Å². The van der Waals surface area contributed by atoms with Crippen LogP contribution in [0.5, 0.6) is 0 Å². The molecule has 3 aromatic rings. The van der Waals surface area contributed by atoms with Gasteiger partial charge in [0.25, 0.3) is 5.91 Å². The molecule has 0 radical (unpaired) electrons. The average molecular weight is 336 g/mol. The Balaban J connectivity index is 1.84. The zero-order valence-electron chi connectivity index (χ0n) is 13.4. The Hall–Kier alpha value is -3.21. The number of carbonyl (C=O) groups excluding carboxylic acids is 2. The minimum Gasteiger partial charge on any atom is -0.368 e. The van der Waals surface area contributed by atoms with Crippen molar-refractivity contribution in [3.63, 3.8) is 0 Å².